The molecule has 0 spiro atoms. The van der Waals surface area contributed by atoms with Crippen LogP contribution in [0.5, 0.6) is 0 Å². The van der Waals surface area contributed by atoms with Gasteiger partial charge in [-0.3, -0.25) is 0 Å². The molecular formula is C18H21F3O4. The lowest BCUT2D eigenvalue weighted by molar-refractivity contribution is -0.195. The molecule has 0 radical (unpaired) electrons. The fourth-order valence-corrected chi connectivity index (χ4v) is 3.89. The number of rotatable bonds is 6. The van der Waals surface area contributed by atoms with E-state index < -0.39 is 23.3 Å². The summed E-state index contributed by atoms with van der Waals surface area (Å²) in [5, 5.41) is 8.59. The monoisotopic (exact) mass is 358 g/mol. The third-order valence-electron chi connectivity index (χ3n) is 5.49. The number of halogens is 3. The van der Waals surface area contributed by atoms with Gasteiger partial charge in [0.25, 0.3) is 0 Å². The number of aliphatic carboxylic acids is 1. The Morgan fingerprint density at radius 3 is 2.52 bits per heavy atom. The third-order valence-corrected chi connectivity index (χ3v) is 5.49. The second kappa shape index (κ2) is 6.61. The lowest BCUT2D eigenvalue weighted by atomic mass is 9.63. The topological polar surface area (TPSA) is 55.8 Å². The maximum atomic E-state index is 13.0. The highest BCUT2D eigenvalue weighted by atomic mass is 19.4. The van der Waals surface area contributed by atoms with E-state index >= 15 is 0 Å². The average molecular weight is 358 g/mol. The molecule has 2 heterocycles. The van der Waals surface area contributed by atoms with E-state index in [2.05, 4.69) is 0 Å². The molecule has 1 aromatic rings. The molecule has 3 aliphatic rings. The number of fused-ring (bicyclic) bond motifs is 3. The Bertz CT molecular complexity index is 617. The molecule has 138 valence electrons. The highest BCUT2D eigenvalue weighted by molar-refractivity contribution is 5.67. The fraction of sp³-hybridized carbons (Fsp3) is 0.611. The number of hydrogen-bond donors (Lipinski definition) is 1. The molecule has 0 amide bonds. The summed E-state index contributed by atoms with van der Waals surface area (Å²) >= 11 is 0. The van der Waals surface area contributed by atoms with Gasteiger partial charge in [-0.2, -0.15) is 13.2 Å². The molecule has 4 nitrogen and oxygen atoms in total. The molecule has 0 unspecified atom stereocenters. The van der Waals surface area contributed by atoms with Gasteiger partial charge in [-0.05, 0) is 55.2 Å². The molecule has 3 fully saturated rings. The Morgan fingerprint density at radius 2 is 1.96 bits per heavy atom. The lowest BCUT2D eigenvalue weighted by Gasteiger charge is -2.53. The molecule has 0 atom stereocenters. The summed E-state index contributed by atoms with van der Waals surface area (Å²) in [5.41, 5.74) is -0.738. The number of carbonyl (C=O) groups is 1. The van der Waals surface area contributed by atoms with Crippen molar-refractivity contribution in [3.63, 3.8) is 0 Å². The van der Waals surface area contributed by atoms with E-state index in [1.807, 2.05) is 0 Å². The van der Waals surface area contributed by atoms with E-state index in [9.17, 15) is 18.0 Å². The van der Waals surface area contributed by atoms with E-state index in [0.717, 1.165) is 18.9 Å². The third kappa shape index (κ3) is 3.82. The van der Waals surface area contributed by atoms with E-state index in [0.29, 0.717) is 38.0 Å². The highest BCUT2D eigenvalue weighted by Gasteiger charge is 2.50. The molecule has 1 aromatic carbocycles. The summed E-state index contributed by atoms with van der Waals surface area (Å²) in [6.45, 7) is 0.511. The minimum absolute atomic E-state index is 0.0537. The minimum Gasteiger partial charge on any atom is -0.480 e. The van der Waals surface area contributed by atoms with Crippen molar-refractivity contribution in [2.24, 2.45) is 5.41 Å². The zero-order valence-corrected chi connectivity index (χ0v) is 13.8. The smallest absolute Gasteiger partial charge is 0.416 e. The molecule has 1 N–H and O–H groups in total. The first-order chi connectivity index (χ1) is 11.7. The van der Waals surface area contributed by atoms with Crippen molar-refractivity contribution in [1.82, 2.24) is 0 Å². The number of carboxylic acids is 1. The molecule has 0 aromatic heterocycles. The predicted molar refractivity (Wildman–Crippen MR) is 83.0 cm³/mol. The van der Waals surface area contributed by atoms with Crippen molar-refractivity contribution >= 4 is 5.97 Å². The zero-order chi connectivity index (χ0) is 18.1. The largest absolute Gasteiger partial charge is 0.480 e. The Kier molecular flexibility index (Phi) is 4.81. The SMILES string of the molecule is O=C(O)COCCC12CCC(c3cccc(C(F)(F)F)c3)(CC1)OC2. The van der Waals surface area contributed by atoms with Crippen molar-refractivity contribution in [3.8, 4) is 0 Å². The van der Waals surface area contributed by atoms with Crippen LogP contribution in [-0.4, -0.2) is 30.9 Å². The zero-order valence-electron chi connectivity index (χ0n) is 13.8. The quantitative estimate of drug-likeness (QED) is 0.782. The average Bonchev–Trinajstić information content (AvgIpc) is 2.60. The molecule has 2 bridgehead atoms. The molecule has 2 aliphatic heterocycles. The summed E-state index contributed by atoms with van der Waals surface area (Å²) in [6, 6.07) is 5.43. The number of alkyl halides is 3. The van der Waals surface area contributed by atoms with Crippen LogP contribution in [0.2, 0.25) is 0 Å². The van der Waals surface area contributed by atoms with Crippen LogP contribution in [0.3, 0.4) is 0 Å². The number of benzene rings is 1. The van der Waals surface area contributed by atoms with Crippen LogP contribution in [0.4, 0.5) is 13.2 Å². The second-order valence-electron chi connectivity index (χ2n) is 7.06. The second-order valence-corrected chi connectivity index (χ2v) is 7.06. The lowest BCUT2D eigenvalue weighted by Crippen LogP contribution is -2.49. The summed E-state index contributed by atoms with van der Waals surface area (Å²) in [7, 11) is 0. The summed E-state index contributed by atoms with van der Waals surface area (Å²) < 4.78 is 50.1. The molecule has 2 saturated heterocycles. The van der Waals surface area contributed by atoms with Gasteiger partial charge >= 0.3 is 12.1 Å². The summed E-state index contributed by atoms with van der Waals surface area (Å²) in [5.74, 6) is -0.996. The summed E-state index contributed by atoms with van der Waals surface area (Å²) in [4.78, 5) is 10.5. The van der Waals surface area contributed by atoms with E-state index in [-0.39, 0.29) is 12.0 Å². The van der Waals surface area contributed by atoms with Crippen molar-refractivity contribution in [1.29, 1.82) is 0 Å². The van der Waals surface area contributed by atoms with Crippen molar-refractivity contribution in [2.45, 2.75) is 43.9 Å². The van der Waals surface area contributed by atoms with Crippen LogP contribution < -0.4 is 0 Å². The molecule has 1 saturated carbocycles. The first-order valence-electron chi connectivity index (χ1n) is 8.36. The van der Waals surface area contributed by atoms with Crippen LogP contribution in [-0.2, 0) is 26.0 Å². The normalized spacial score (nSPS) is 28.9. The number of carboxylic acid groups (broad SMARTS) is 1. The molecule has 7 heteroatoms. The molecule has 1 aliphatic carbocycles. The minimum atomic E-state index is -4.36. The van der Waals surface area contributed by atoms with Crippen molar-refractivity contribution < 1.29 is 32.5 Å². The van der Waals surface area contributed by atoms with Crippen LogP contribution in [0.15, 0.2) is 24.3 Å². The first-order valence-corrected chi connectivity index (χ1v) is 8.36. The molecule has 4 rings (SSSR count). The van der Waals surface area contributed by atoms with Gasteiger partial charge in [-0.25, -0.2) is 4.79 Å². The van der Waals surface area contributed by atoms with Crippen LogP contribution in [0, 0.1) is 5.41 Å². The predicted octanol–water partition coefficient (Wildman–Crippen LogP) is 3.98. The van der Waals surface area contributed by atoms with E-state index in [1.54, 1.807) is 6.07 Å². The Balaban J connectivity index is 1.66. The molecular weight excluding hydrogens is 337 g/mol. The maximum Gasteiger partial charge on any atom is 0.416 e. The van der Waals surface area contributed by atoms with Crippen LogP contribution in [0.25, 0.3) is 0 Å². The van der Waals surface area contributed by atoms with Gasteiger partial charge in [-0.1, -0.05) is 12.1 Å². The van der Waals surface area contributed by atoms with Crippen LogP contribution >= 0.6 is 0 Å². The first kappa shape index (κ1) is 18.2. The number of hydrogen-bond acceptors (Lipinski definition) is 3. The fourth-order valence-electron chi connectivity index (χ4n) is 3.89. The van der Waals surface area contributed by atoms with Gasteiger partial charge in [0.1, 0.15) is 6.61 Å². The highest BCUT2D eigenvalue weighted by Crippen LogP contribution is 2.55. The van der Waals surface area contributed by atoms with Gasteiger partial charge in [0.2, 0.25) is 0 Å². The van der Waals surface area contributed by atoms with Gasteiger partial charge in [-0.15, -0.1) is 0 Å². The van der Waals surface area contributed by atoms with Gasteiger partial charge < -0.3 is 14.6 Å². The summed E-state index contributed by atoms with van der Waals surface area (Å²) in [6.07, 6.45) is -0.611. The number of ether oxygens (including phenoxy) is 2. The van der Waals surface area contributed by atoms with Gasteiger partial charge in [0, 0.05) is 6.61 Å². The Morgan fingerprint density at radius 1 is 1.24 bits per heavy atom. The van der Waals surface area contributed by atoms with Crippen LogP contribution in [0.1, 0.15) is 43.2 Å². The van der Waals surface area contributed by atoms with Gasteiger partial charge in [0.05, 0.1) is 17.8 Å². The van der Waals surface area contributed by atoms with Gasteiger partial charge in [0.15, 0.2) is 0 Å². The Labute approximate surface area is 143 Å². The standard InChI is InChI=1S/C18H21F3O4/c19-18(20,21)14-3-1-2-13(10-14)17-6-4-16(5-7-17,12-25-17)8-9-24-11-15(22)23/h1-3,10H,4-9,11-12H2,(H,22,23). The van der Waals surface area contributed by atoms with Crippen molar-refractivity contribution in [3.05, 3.63) is 35.4 Å². The van der Waals surface area contributed by atoms with E-state index in [4.69, 9.17) is 14.6 Å². The Hall–Kier alpha value is -1.60. The molecule has 25 heavy (non-hydrogen) atoms. The van der Waals surface area contributed by atoms with E-state index in [1.165, 1.54) is 12.1 Å². The maximum absolute atomic E-state index is 13.0. The van der Waals surface area contributed by atoms with Crippen molar-refractivity contribution in [2.75, 3.05) is 19.8 Å².